The lowest BCUT2D eigenvalue weighted by atomic mass is 10.0. The molecule has 1 unspecified atom stereocenters. The maximum atomic E-state index is 15.1. The molecule has 4 aromatic rings. The monoisotopic (exact) mass is 665 g/mol. The van der Waals surface area contributed by atoms with Crippen molar-refractivity contribution in [2.24, 2.45) is 0 Å². The zero-order valence-electron chi connectivity index (χ0n) is 23.9. The van der Waals surface area contributed by atoms with E-state index in [9.17, 15) is 18.0 Å². The van der Waals surface area contributed by atoms with E-state index in [0.717, 1.165) is 26.0 Å². The average Bonchev–Trinajstić information content (AvgIpc) is 2.99. The Labute approximate surface area is 260 Å². The number of hydrogen-bond donors (Lipinski definition) is 1. The maximum Gasteiger partial charge on any atom is 0.264 e. The highest BCUT2D eigenvalue weighted by atomic mass is 79.9. The second kappa shape index (κ2) is 14.4. The number of hydrogen-bond acceptors (Lipinski definition) is 4. The zero-order valence-corrected chi connectivity index (χ0v) is 26.3. The molecule has 7 nitrogen and oxygen atoms in total. The number of sulfonamides is 1. The molecule has 0 bridgehead atoms. The van der Waals surface area contributed by atoms with Gasteiger partial charge in [-0.05, 0) is 61.4 Å². The number of carbonyl (C=O) groups excluding carboxylic acids is 2. The minimum atomic E-state index is -4.37. The molecule has 0 saturated carbocycles. The van der Waals surface area contributed by atoms with Crippen molar-refractivity contribution in [3.63, 3.8) is 0 Å². The first-order chi connectivity index (χ1) is 20.6. The van der Waals surface area contributed by atoms with E-state index in [1.54, 1.807) is 18.2 Å². The van der Waals surface area contributed by atoms with Crippen LogP contribution in [-0.2, 0) is 32.6 Å². The van der Waals surface area contributed by atoms with Gasteiger partial charge in [0.1, 0.15) is 18.4 Å². The van der Waals surface area contributed by atoms with E-state index in [0.29, 0.717) is 0 Å². The van der Waals surface area contributed by atoms with Gasteiger partial charge in [0, 0.05) is 23.5 Å². The molecule has 43 heavy (non-hydrogen) atoms. The Hall–Kier alpha value is -4.02. The first-order valence-corrected chi connectivity index (χ1v) is 16.0. The van der Waals surface area contributed by atoms with Gasteiger partial charge in [-0.2, -0.15) is 0 Å². The smallest absolute Gasteiger partial charge is 0.264 e. The van der Waals surface area contributed by atoms with Crippen LogP contribution in [0.15, 0.2) is 119 Å². The van der Waals surface area contributed by atoms with E-state index in [4.69, 9.17) is 0 Å². The summed E-state index contributed by atoms with van der Waals surface area (Å²) >= 11 is 3.42. The topological polar surface area (TPSA) is 86.8 Å². The first-order valence-electron chi connectivity index (χ1n) is 13.8. The van der Waals surface area contributed by atoms with Crippen LogP contribution < -0.4 is 9.62 Å². The molecule has 1 atom stereocenters. The van der Waals surface area contributed by atoms with Gasteiger partial charge in [0.25, 0.3) is 10.0 Å². The molecule has 224 valence electrons. The summed E-state index contributed by atoms with van der Waals surface area (Å²) in [6, 6.07) is 28.3. The molecule has 0 spiro atoms. The van der Waals surface area contributed by atoms with Gasteiger partial charge in [-0.1, -0.05) is 88.7 Å². The van der Waals surface area contributed by atoms with Crippen molar-refractivity contribution in [3.8, 4) is 0 Å². The normalized spacial score (nSPS) is 12.0. The minimum Gasteiger partial charge on any atom is -0.352 e. The number of amides is 2. The van der Waals surface area contributed by atoms with Crippen LogP contribution in [0.1, 0.15) is 25.0 Å². The quantitative estimate of drug-likeness (QED) is 0.203. The summed E-state index contributed by atoms with van der Waals surface area (Å²) in [6.45, 7) is 2.94. The fourth-order valence-corrected chi connectivity index (χ4v) is 6.32. The molecule has 0 aliphatic rings. The van der Waals surface area contributed by atoms with Crippen molar-refractivity contribution in [3.05, 3.63) is 131 Å². The molecule has 0 saturated heterocycles. The second-order valence-electron chi connectivity index (χ2n) is 10.3. The van der Waals surface area contributed by atoms with Crippen LogP contribution in [0.25, 0.3) is 0 Å². The van der Waals surface area contributed by atoms with Crippen LogP contribution in [0, 0.1) is 5.82 Å². The number of benzene rings is 4. The van der Waals surface area contributed by atoms with E-state index < -0.39 is 34.3 Å². The summed E-state index contributed by atoms with van der Waals surface area (Å²) < 4.78 is 44.5. The fourth-order valence-electron chi connectivity index (χ4n) is 4.61. The summed E-state index contributed by atoms with van der Waals surface area (Å²) in [5.74, 6) is -1.84. The number of para-hydroxylation sites is 1. The molecule has 0 fully saturated rings. The Bertz CT molecular complexity index is 1640. The van der Waals surface area contributed by atoms with Gasteiger partial charge in [0.2, 0.25) is 11.8 Å². The lowest BCUT2D eigenvalue weighted by molar-refractivity contribution is -0.140. The molecule has 0 radical (unpaired) electrons. The van der Waals surface area contributed by atoms with Crippen molar-refractivity contribution >= 4 is 43.5 Å². The standard InChI is InChI=1S/C33H33BrFN3O4S/c1-24(2)36-33(40)31(21-25-11-5-3-6-12-25)37(22-26-17-19-27(34)20-18-26)32(39)23-38(30-16-10-9-15-29(30)35)43(41,42)28-13-7-4-8-14-28/h3-20,24,31H,21-23H2,1-2H3,(H,36,40). The van der Waals surface area contributed by atoms with Crippen LogP contribution in [0.3, 0.4) is 0 Å². The van der Waals surface area contributed by atoms with Crippen molar-refractivity contribution in [1.29, 1.82) is 0 Å². The molecule has 0 aliphatic carbocycles. The number of nitrogens with one attached hydrogen (secondary N) is 1. The predicted octanol–water partition coefficient (Wildman–Crippen LogP) is 5.95. The van der Waals surface area contributed by atoms with E-state index in [1.165, 1.54) is 35.2 Å². The summed E-state index contributed by atoms with van der Waals surface area (Å²) in [4.78, 5) is 29.3. The number of halogens is 2. The van der Waals surface area contributed by atoms with Crippen LogP contribution in [0.2, 0.25) is 0 Å². The summed E-state index contributed by atoms with van der Waals surface area (Å²) in [5.41, 5.74) is 1.28. The Kier molecular flexibility index (Phi) is 10.7. The lowest BCUT2D eigenvalue weighted by Gasteiger charge is -2.34. The lowest BCUT2D eigenvalue weighted by Crippen LogP contribution is -2.54. The van der Waals surface area contributed by atoms with E-state index in [1.807, 2.05) is 68.4 Å². The Balaban J connectivity index is 1.80. The minimum absolute atomic E-state index is 0.0195. The van der Waals surface area contributed by atoms with Crippen LogP contribution in [0.5, 0.6) is 0 Å². The van der Waals surface area contributed by atoms with E-state index in [2.05, 4.69) is 21.2 Å². The number of anilines is 1. The van der Waals surface area contributed by atoms with Crippen LogP contribution in [0.4, 0.5) is 10.1 Å². The van der Waals surface area contributed by atoms with Crippen molar-refractivity contribution < 1.29 is 22.4 Å². The van der Waals surface area contributed by atoms with Crippen molar-refractivity contribution in [2.75, 3.05) is 10.8 Å². The highest BCUT2D eigenvalue weighted by molar-refractivity contribution is 9.10. The van der Waals surface area contributed by atoms with Crippen LogP contribution in [-0.4, -0.2) is 43.8 Å². The van der Waals surface area contributed by atoms with Gasteiger partial charge < -0.3 is 10.2 Å². The predicted molar refractivity (Wildman–Crippen MR) is 169 cm³/mol. The number of nitrogens with zero attached hydrogens (tertiary/aromatic N) is 2. The zero-order chi connectivity index (χ0) is 31.0. The largest absolute Gasteiger partial charge is 0.352 e. The molecule has 0 aromatic heterocycles. The van der Waals surface area contributed by atoms with Gasteiger partial charge in [0.05, 0.1) is 10.6 Å². The molecular weight excluding hydrogens is 633 g/mol. The highest BCUT2D eigenvalue weighted by Crippen LogP contribution is 2.27. The first kappa shape index (κ1) is 31.9. The van der Waals surface area contributed by atoms with Crippen LogP contribution >= 0.6 is 15.9 Å². The Morgan fingerprint density at radius 3 is 2.00 bits per heavy atom. The third-order valence-electron chi connectivity index (χ3n) is 6.70. The molecule has 0 aliphatic heterocycles. The molecule has 4 rings (SSSR count). The molecule has 1 N–H and O–H groups in total. The third-order valence-corrected chi connectivity index (χ3v) is 9.00. The van der Waals surface area contributed by atoms with Crippen molar-refractivity contribution in [1.82, 2.24) is 10.2 Å². The second-order valence-corrected chi connectivity index (χ2v) is 13.1. The molecular formula is C33H33BrFN3O4S. The van der Waals surface area contributed by atoms with Crippen molar-refractivity contribution in [2.45, 2.75) is 43.8 Å². The number of carbonyl (C=O) groups is 2. The fraction of sp³-hybridized carbons (Fsp3) is 0.212. The number of rotatable bonds is 12. The third kappa shape index (κ3) is 8.30. The van der Waals surface area contributed by atoms with Gasteiger partial charge in [0.15, 0.2) is 0 Å². The molecule has 2 amide bonds. The molecule has 0 heterocycles. The SMILES string of the molecule is CC(C)NC(=O)C(Cc1ccccc1)N(Cc1ccc(Br)cc1)C(=O)CN(c1ccccc1F)S(=O)(=O)c1ccccc1. The maximum absolute atomic E-state index is 15.1. The highest BCUT2D eigenvalue weighted by Gasteiger charge is 2.35. The van der Waals surface area contributed by atoms with Gasteiger partial charge in [-0.15, -0.1) is 0 Å². The summed E-state index contributed by atoms with van der Waals surface area (Å²) in [7, 11) is -4.37. The van der Waals surface area contributed by atoms with Gasteiger partial charge >= 0.3 is 0 Å². The average molecular weight is 667 g/mol. The van der Waals surface area contributed by atoms with E-state index in [-0.39, 0.29) is 35.5 Å². The van der Waals surface area contributed by atoms with Gasteiger partial charge in [-0.3, -0.25) is 13.9 Å². The Morgan fingerprint density at radius 1 is 0.814 bits per heavy atom. The van der Waals surface area contributed by atoms with E-state index >= 15 is 4.39 Å². The summed E-state index contributed by atoms with van der Waals surface area (Å²) in [5, 5.41) is 2.91. The Morgan fingerprint density at radius 2 is 1.40 bits per heavy atom. The molecule has 4 aromatic carbocycles. The molecule has 10 heteroatoms. The summed E-state index contributed by atoms with van der Waals surface area (Å²) in [6.07, 6.45) is 0.187. The van der Waals surface area contributed by atoms with Gasteiger partial charge in [-0.25, -0.2) is 12.8 Å².